The lowest BCUT2D eigenvalue weighted by atomic mass is 10.1. The topological polar surface area (TPSA) is 93.5 Å². The van der Waals surface area contributed by atoms with Crippen LogP contribution in [0.2, 0.25) is 0 Å². The maximum atomic E-state index is 12.1. The van der Waals surface area contributed by atoms with E-state index < -0.39 is 4.92 Å². The zero-order valence-electron chi connectivity index (χ0n) is 10.5. The van der Waals surface area contributed by atoms with E-state index in [1.54, 1.807) is 0 Å². The summed E-state index contributed by atoms with van der Waals surface area (Å²) in [6, 6.07) is 4.05. The minimum atomic E-state index is -0.523. The molecule has 2 rings (SSSR count). The lowest BCUT2D eigenvalue weighted by molar-refractivity contribution is -0.384. The second-order valence-electron chi connectivity index (χ2n) is 4.30. The SMILES string of the molecule is COc1cc([N+](=O)[O-])ccc1C(=O)NC1CCNC1. The molecule has 0 spiro atoms. The number of nitrogens with zero attached hydrogens (tertiary/aromatic N) is 1. The van der Waals surface area contributed by atoms with Crippen LogP contribution in [-0.2, 0) is 0 Å². The molecular formula is C12H15N3O4. The van der Waals surface area contributed by atoms with Crippen LogP contribution in [0.15, 0.2) is 18.2 Å². The molecule has 1 aliphatic heterocycles. The summed E-state index contributed by atoms with van der Waals surface area (Å²) in [5.41, 5.74) is 0.205. The Morgan fingerprint density at radius 1 is 1.58 bits per heavy atom. The van der Waals surface area contributed by atoms with Crippen molar-refractivity contribution in [2.45, 2.75) is 12.5 Å². The Bertz CT molecular complexity index is 498. The highest BCUT2D eigenvalue weighted by molar-refractivity contribution is 5.97. The van der Waals surface area contributed by atoms with Crippen LogP contribution in [0.5, 0.6) is 5.75 Å². The summed E-state index contributed by atoms with van der Waals surface area (Å²) >= 11 is 0. The van der Waals surface area contributed by atoms with Crippen molar-refractivity contribution in [3.63, 3.8) is 0 Å². The van der Waals surface area contributed by atoms with E-state index in [0.717, 1.165) is 19.5 Å². The van der Waals surface area contributed by atoms with Gasteiger partial charge in [0.05, 0.1) is 23.7 Å². The number of nitro benzene ring substituents is 1. The third kappa shape index (κ3) is 3.00. The summed E-state index contributed by atoms with van der Waals surface area (Å²) < 4.78 is 5.04. The second-order valence-corrected chi connectivity index (χ2v) is 4.30. The summed E-state index contributed by atoms with van der Waals surface area (Å²) in [4.78, 5) is 22.2. The number of rotatable bonds is 4. The number of amides is 1. The second kappa shape index (κ2) is 5.66. The Morgan fingerprint density at radius 2 is 2.37 bits per heavy atom. The van der Waals surface area contributed by atoms with E-state index in [1.807, 2.05) is 0 Å². The Hall–Kier alpha value is -2.15. The van der Waals surface area contributed by atoms with E-state index in [4.69, 9.17) is 4.74 Å². The van der Waals surface area contributed by atoms with Gasteiger partial charge in [-0.15, -0.1) is 0 Å². The quantitative estimate of drug-likeness (QED) is 0.617. The fraction of sp³-hybridized carbons (Fsp3) is 0.417. The van der Waals surface area contributed by atoms with Gasteiger partial charge in [-0.1, -0.05) is 0 Å². The molecule has 1 aromatic carbocycles. The van der Waals surface area contributed by atoms with E-state index in [0.29, 0.717) is 5.56 Å². The van der Waals surface area contributed by atoms with Crippen molar-refractivity contribution in [3.05, 3.63) is 33.9 Å². The van der Waals surface area contributed by atoms with E-state index in [-0.39, 0.29) is 23.4 Å². The van der Waals surface area contributed by atoms with Gasteiger partial charge in [-0.2, -0.15) is 0 Å². The molecule has 19 heavy (non-hydrogen) atoms. The Balaban J connectivity index is 2.18. The van der Waals surface area contributed by atoms with Crippen molar-refractivity contribution in [2.75, 3.05) is 20.2 Å². The summed E-state index contributed by atoms with van der Waals surface area (Å²) in [5.74, 6) is -0.0712. The first kappa shape index (κ1) is 13.3. The first-order valence-electron chi connectivity index (χ1n) is 5.96. The van der Waals surface area contributed by atoms with Gasteiger partial charge in [0, 0.05) is 18.7 Å². The number of ether oxygens (including phenoxy) is 1. The molecule has 1 saturated heterocycles. The molecule has 1 heterocycles. The first-order chi connectivity index (χ1) is 9.11. The van der Waals surface area contributed by atoms with Crippen molar-refractivity contribution < 1.29 is 14.5 Å². The molecule has 1 aromatic rings. The molecule has 1 unspecified atom stereocenters. The molecule has 0 radical (unpaired) electrons. The van der Waals surface area contributed by atoms with Crippen LogP contribution >= 0.6 is 0 Å². The van der Waals surface area contributed by atoms with Crippen LogP contribution in [0.25, 0.3) is 0 Å². The highest BCUT2D eigenvalue weighted by Crippen LogP contribution is 2.24. The predicted octanol–water partition coefficient (Wildman–Crippen LogP) is 0.695. The highest BCUT2D eigenvalue weighted by atomic mass is 16.6. The number of methoxy groups -OCH3 is 1. The fourth-order valence-corrected chi connectivity index (χ4v) is 2.02. The summed E-state index contributed by atoms with van der Waals surface area (Å²) in [5, 5.41) is 16.7. The van der Waals surface area contributed by atoms with Crippen LogP contribution in [0.3, 0.4) is 0 Å². The number of hydrogen-bond acceptors (Lipinski definition) is 5. The molecule has 102 valence electrons. The lowest BCUT2D eigenvalue weighted by Gasteiger charge is -2.13. The van der Waals surface area contributed by atoms with Crippen LogP contribution < -0.4 is 15.4 Å². The van der Waals surface area contributed by atoms with E-state index >= 15 is 0 Å². The van der Waals surface area contributed by atoms with Gasteiger partial charge in [-0.3, -0.25) is 14.9 Å². The molecule has 7 nitrogen and oxygen atoms in total. The maximum absolute atomic E-state index is 12.1. The van der Waals surface area contributed by atoms with Gasteiger partial charge in [0.25, 0.3) is 11.6 Å². The van der Waals surface area contributed by atoms with Gasteiger partial charge in [0.2, 0.25) is 0 Å². The monoisotopic (exact) mass is 265 g/mol. The van der Waals surface area contributed by atoms with Gasteiger partial charge in [0.15, 0.2) is 0 Å². The third-order valence-corrected chi connectivity index (χ3v) is 3.04. The van der Waals surface area contributed by atoms with Crippen molar-refractivity contribution in [1.82, 2.24) is 10.6 Å². The minimum absolute atomic E-state index is 0.0902. The predicted molar refractivity (Wildman–Crippen MR) is 68.4 cm³/mol. The molecule has 1 atom stereocenters. The highest BCUT2D eigenvalue weighted by Gasteiger charge is 2.21. The van der Waals surface area contributed by atoms with Gasteiger partial charge >= 0.3 is 0 Å². The summed E-state index contributed by atoms with van der Waals surface area (Å²) in [6.45, 7) is 1.61. The molecule has 0 aromatic heterocycles. The van der Waals surface area contributed by atoms with Gasteiger partial charge in [-0.25, -0.2) is 0 Å². The van der Waals surface area contributed by atoms with Crippen molar-refractivity contribution >= 4 is 11.6 Å². The molecule has 7 heteroatoms. The summed E-state index contributed by atoms with van der Waals surface area (Å²) in [7, 11) is 1.38. The lowest BCUT2D eigenvalue weighted by Crippen LogP contribution is -2.36. The first-order valence-corrected chi connectivity index (χ1v) is 5.96. The molecule has 2 N–H and O–H groups in total. The minimum Gasteiger partial charge on any atom is -0.496 e. The standard InChI is InChI=1S/C12H15N3O4/c1-19-11-6-9(15(17)18)2-3-10(11)12(16)14-8-4-5-13-7-8/h2-3,6,8,13H,4-5,7H2,1H3,(H,14,16). The zero-order valence-corrected chi connectivity index (χ0v) is 10.5. The third-order valence-electron chi connectivity index (χ3n) is 3.04. The number of nitrogens with one attached hydrogen (secondary N) is 2. The number of carbonyl (C=O) groups excluding carboxylic acids is 1. The Kier molecular flexibility index (Phi) is 3.96. The maximum Gasteiger partial charge on any atom is 0.273 e. The number of benzene rings is 1. The zero-order chi connectivity index (χ0) is 13.8. The molecule has 1 aliphatic rings. The molecule has 1 fully saturated rings. The summed E-state index contributed by atoms with van der Waals surface area (Å²) in [6.07, 6.45) is 0.876. The van der Waals surface area contributed by atoms with E-state index in [9.17, 15) is 14.9 Å². The Labute approximate surface area is 110 Å². The smallest absolute Gasteiger partial charge is 0.273 e. The van der Waals surface area contributed by atoms with Crippen LogP contribution in [0, 0.1) is 10.1 Å². The molecule has 0 saturated carbocycles. The molecular weight excluding hydrogens is 250 g/mol. The van der Waals surface area contributed by atoms with Crippen LogP contribution in [0.4, 0.5) is 5.69 Å². The van der Waals surface area contributed by atoms with Crippen molar-refractivity contribution in [2.24, 2.45) is 0 Å². The Morgan fingerprint density at radius 3 is 2.95 bits per heavy atom. The fourth-order valence-electron chi connectivity index (χ4n) is 2.02. The van der Waals surface area contributed by atoms with E-state index in [1.165, 1.54) is 25.3 Å². The van der Waals surface area contributed by atoms with E-state index in [2.05, 4.69) is 10.6 Å². The molecule has 1 amide bonds. The number of non-ortho nitro benzene ring substituents is 1. The molecule has 0 aliphatic carbocycles. The number of nitro groups is 1. The van der Waals surface area contributed by atoms with Crippen molar-refractivity contribution in [3.8, 4) is 5.75 Å². The number of carbonyl (C=O) groups is 1. The normalized spacial score (nSPS) is 18.1. The molecule has 0 bridgehead atoms. The van der Waals surface area contributed by atoms with Crippen LogP contribution in [0.1, 0.15) is 16.8 Å². The number of hydrogen-bond donors (Lipinski definition) is 2. The average molecular weight is 265 g/mol. The average Bonchev–Trinajstić information content (AvgIpc) is 2.90. The largest absolute Gasteiger partial charge is 0.496 e. The van der Waals surface area contributed by atoms with Gasteiger partial charge in [0.1, 0.15) is 5.75 Å². The van der Waals surface area contributed by atoms with Gasteiger partial charge < -0.3 is 15.4 Å². The van der Waals surface area contributed by atoms with Crippen molar-refractivity contribution in [1.29, 1.82) is 0 Å². The van der Waals surface area contributed by atoms with Crippen LogP contribution in [-0.4, -0.2) is 37.1 Å². The van der Waals surface area contributed by atoms with Gasteiger partial charge in [-0.05, 0) is 19.0 Å².